The van der Waals surface area contributed by atoms with Crippen molar-refractivity contribution in [1.82, 2.24) is 19.7 Å². The van der Waals surface area contributed by atoms with E-state index in [1.165, 1.54) is 16.8 Å². The van der Waals surface area contributed by atoms with Crippen molar-refractivity contribution in [3.05, 3.63) is 57.3 Å². The molecule has 27 heavy (non-hydrogen) atoms. The van der Waals surface area contributed by atoms with Crippen molar-refractivity contribution in [2.75, 3.05) is 0 Å². The smallest absolute Gasteiger partial charge is 0.393 e. The number of hydrogen-bond acceptors (Lipinski definition) is 4. The highest BCUT2D eigenvalue weighted by Gasteiger charge is 2.30. The predicted octanol–water partition coefficient (Wildman–Crippen LogP) is 2.98. The molecule has 2 atom stereocenters. The number of aromatic amines is 1. The van der Waals surface area contributed by atoms with Crippen LogP contribution in [-0.4, -0.2) is 31.0 Å². The number of rotatable bonds is 4. The zero-order valence-corrected chi connectivity index (χ0v) is 15.0. The van der Waals surface area contributed by atoms with Gasteiger partial charge in [0.25, 0.3) is 5.56 Å². The highest BCUT2D eigenvalue weighted by molar-refractivity contribution is 5.77. The predicted molar refractivity (Wildman–Crippen MR) is 93.5 cm³/mol. The van der Waals surface area contributed by atoms with Crippen LogP contribution in [0.3, 0.4) is 0 Å². The number of aliphatic hydroxyl groups excluding tert-OH is 1. The fourth-order valence-electron chi connectivity index (χ4n) is 3.01. The normalized spacial score (nSPS) is 14.5. The zero-order chi connectivity index (χ0) is 19.9. The highest BCUT2D eigenvalue weighted by Crippen LogP contribution is 2.31. The SMILES string of the molecule is Cc1nc2c(c(CC(C)O)nn2[C@H](C)c2ccc(C(F)(F)F)cc2)c(=O)[nH]1. The van der Waals surface area contributed by atoms with Crippen LogP contribution >= 0.6 is 0 Å². The van der Waals surface area contributed by atoms with Crippen LogP contribution in [0.25, 0.3) is 11.0 Å². The molecule has 3 rings (SSSR count). The minimum Gasteiger partial charge on any atom is -0.393 e. The summed E-state index contributed by atoms with van der Waals surface area (Å²) in [5.74, 6) is 0.400. The lowest BCUT2D eigenvalue weighted by atomic mass is 10.1. The maximum atomic E-state index is 12.8. The van der Waals surface area contributed by atoms with Crippen molar-refractivity contribution in [3.63, 3.8) is 0 Å². The Bertz CT molecular complexity index is 1020. The second-order valence-electron chi connectivity index (χ2n) is 6.59. The lowest BCUT2D eigenvalue weighted by molar-refractivity contribution is -0.137. The van der Waals surface area contributed by atoms with Crippen molar-refractivity contribution in [2.45, 2.75) is 45.5 Å². The van der Waals surface area contributed by atoms with Gasteiger partial charge >= 0.3 is 6.18 Å². The number of aliphatic hydroxyl groups is 1. The van der Waals surface area contributed by atoms with Gasteiger partial charge in [-0.1, -0.05) is 12.1 Å². The van der Waals surface area contributed by atoms with Gasteiger partial charge in [-0.2, -0.15) is 18.3 Å². The average molecular weight is 380 g/mol. The summed E-state index contributed by atoms with van der Waals surface area (Å²) in [6.45, 7) is 4.98. The molecule has 144 valence electrons. The van der Waals surface area contributed by atoms with Crippen LogP contribution in [-0.2, 0) is 12.6 Å². The molecule has 0 fully saturated rings. The molecule has 0 aliphatic rings. The molecule has 0 amide bonds. The summed E-state index contributed by atoms with van der Waals surface area (Å²) in [4.78, 5) is 19.3. The minimum absolute atomic E-state index is 0.164. The molecular formula is C18H19F3N4O2. The number of H-pyrrole nitrogens is 1. The molecule has 0 bridgehead atoms. The molecule has 2 N–H and O–H groups in total. The number of fused-ring (bicyclic) bond motifs is 1. The first kappa shape index (κ1) is 19.1. The first-order valence-electron chi connectivity index (χ1n) is 8.41. The number of alkyl halides is 3. The zero-order valence-electron chi connectivity index (χ0n) is 15.0. The molecule has 1 unspecified atom stereocenters. The first-order chi connectivity index (χ1) is 12.6. The molecule has 6 nitrogen and oxygen atoms in total. The Labute approximate surface area is 152 Å². The van der Waals surface area contributed by atoms with E-state index in [1.54, 1.807) is 20.8 Å². The van der Waals surface area contributed by atoms with Gasteiger partial charge in [0.1, 0.15) is 11.2 Å². The highest BCUT2D eigenvalue weighted by atomic mass is 19.4. The molecule has 9 heteroatoms. The van der Waals surface area contributed by atoms with E-state index in [9.17, 15) is 23.1 Å². The summed E-state index contributed by atoms with van der Waals surface area (Å²) in [5, 5.41) is 14.4. The third-order valence-electron chi connectivity index (χ3n) is 4.33. The van der Waals surface area contributed by atoms with Gasteiger partial charge in [-0.25, -0.2) is 9.67 Å². The molecular weight excluding hydrogens is 361 g/mol. The van der Waals surface area contributed by atoms with Crippen LogP contribution in [0.2, 0.25) is 0 Å². The van der Waals surface area contributed by atoms with Gasteiger partial charge in [0, 0.05) is 6.42 Å². The summed E-state index contributed by atoms with van der Waals surface area (Å²) in [6.07, 6.45) is -4.95. The van der Waals surface area contributed by atoms with E-state index < -0.39 is 23.9 Å². The largest absolute Gasteiger partial charge is 0.416 e. The van der Waals surface area contributed by atoms with Gasteiger partial charge in [0.15, 0.2) is 5.65 Å². The summed E-state index contributed by atoms with van der Waals surface area (Å²) in [5.41, 5.74) is 0.227. The van der Waals surface area contributed by atoms with E-state index in [2.05, 4.69) is 15.1 Å². The van der Waals surface area contributed by atoms with Crippen LogP contribution in [0.5, 0.6) is 0 Å². The van der Waals surface area contributed by atoms with Crippen molar-refractivity contribution in [2.24, 2.45) is 0 Å². The second-order valence-corrected chi connectivity index (χ2v) is 6.59. The molecule has 2 aromatic heterocycles. The maximum absolute atomic E-state index is 12.8. The van der Waals surface area contributed by atoms with E-state index in [0.717, 1.165) is 12.1 Å². The topological polar surface area (TPSA) is 83.8 Å². The Kier molecular flexibility index (Phi) is 4.81. The molecule has 0 radical (unpaired) electrons. The Balaban J connectivity index is 2.11. The van der Waals surface area contributed by atoms with Gasteiger partial charge in [0.2, 0.25) is 0 Å². The Hall–Kier alpha value is -2.68. The number of aromatic nitrogens is 4. The quantitative estimate of drug-likeness (QED) is 0.729. The van der Waals surface area contributed by atoms with Gasteiger partial charge in [-0.3, -0.25) is 4.79 Å². The van der Waals surface area contributed by atoms with Crippen molar-refractivity contribution < 1.29 is 18.3 Å². The molecule has 0 saturated heterocycles. The third-order valence-corrected chi connectivity index (χ3v) is 4.33. The molecule has 0 spiro atoms. The number of benzene rings is 1. The minimum atomic E-state index is -4.41. The van der Waals surface area contributed by atoms with Gasteiger partial charge in [0.05, 0.1) is 23.4 Å². The standard InChI is InChI=1S/C18H19F3N4O2/c1-9(26)8-14-15-16(22-11(3)23-17(15)27)25(24-14)10(2)12-4-6-13(7-5-12)18(19,20)21/h4-7,9-10,26H,8H2,1-3H3,(H,22,23,27)/t9?,10-/m1/s1. The Morgan fingerprint density at radius 1 is 1.22 bits per heavy atom. The average Bonchev–Trinajstić information content (AvgIpc) is 2.91. The van der Waals surface area contributed by atoms with E-state index >= 15 is 0 Å². The fraction of sp³-hybridized carbons (Fsp3) is 0.389. The van der Waals surface area contributed by atoms with Gasteiger partial charge in [-0.05, 0) is 38.5 Å². The Morgan fingerprint density at radius 3 is 2.41 bits per heavy atom. The van der Waals surface area contributed by atoms with E-state index in [0.29, 0.717) is 22.7 Å². The van der Waals surface area contributed by atoms with E-state index in [4.69, 9.17) is 0 Å². The molecule has 0 aliphatic carbocycles. The summed E-state index contributed by atoms with van der Waals surface area (Å²) >= 11 is 0. The lowest BCUT2D eigenvalue weighted by Crippen LogP contribution is -2.14. The number of nitrogens with zero attached hydrogens (tertiary/aromatic N) is 3. The van der Waals surface area contributed by atoms with Gasteiger partial charge in [-0.15, -0.1) is 0 Å². The third kappa shape index (κ3) is 3.73. The second kappa shape index (κ2) is 6.80. The summed E-state index contributed by atoms with van der Waals surface area (Å²) < 4.78 is 39.8. The maximum Gasteiger partial charge on any atom is 0.416 e. The number of hydrogen-bond donors (Lipinski definition) is 2. The lowest BCUT2D eigenvalue weighted by Gasteiger charge is -2.15. The van der Waals surface area contributed by atoms with Crippen molar-refractivity contribution in [3.8, 4) is 0 Å². The number of nitrogens with one attached hydrogen (secondary N) is 1. The van der Waals surface area contributed by atoms with E-state index in [-0.39, 0.29) is 17.4 Å². The van der Waals surface area contributed by atoms with Crippen molar-refractivity contribution >= 4 is 11.0 Å². The van der Waals surface area contributed by atoms with E-state index in [1.807, 2.05) is 0 Å². The fourth-order valence-corrected chi connectivity index (χ4v) is 3.01. The van der Waals surface area contributed by atoms with Gasteiger partial charge < -0.3 is 10.1 Å². The molecule has 0 aliphatic heterocycles. The van der Waals surface area contributed by atoms with Crippen LogP contribution in [0.4, 0.5) is 13.2 Å². The van der Waals surface area contributed by atoms with Crippen LogP contribution in [0.15, 0.2) is 29.1 Å². The molecule has 0 saturated carbocycles. The van der Waals surface area contributed by atoms with Crippen molar-refractivity contribution in [1.29, 1.82) is 0 Å². The molecule has 2 heterocycles. The first-order valence-corrected chi connectivity index (χ1v) is 8.41. The summed E-state index contributed by atoms with van der Waals surface area (Å²) in [7, 11) is 0. The Morgan fingerprint density at radius 2 is 1.85 bits per heavy atom. The van der Waals surface area contributed by atoms with Crippen LogP contribution in [0.1, 0.15) is 42.5 Å². The monoisotopic (exact) mass is 380 g/mol. The van der Waals surface area contributed by atoms with Crippen LogP contribution in [0, 0.1) is 6.92 Å². The molecule has 3 aromatic rings. The number of halogens is 3. The summed E-state index contributed by atoms with van der Waals surface area (Å²) in [6, 6.07) is 4.34. The van der Waals surface area contributed by atoms with Crippen LogP contribution < -0.4 is 5.56 Å². The molecule has 1 aromatic carbocycles. The number of aryl methyl sites for hydroxylation is 1.